The fourth-order valence-corrected chi connectivity index (χ4v) is 3.26. The predicted octanol–water partition coefficient (Wildman–Crippen LogP) is 2.22. The molecule has 2 heterocycles. The van der Waals surface area contributed by atoms with Gasteiger partial charge in [-0.3, -0.25) is 9.79 Å². The third-order valence-corrected chi connectivity index (χ3v) is 4.58. The Balaban J connectivity index is 0.00000242. The van der Waals surface area contributed by atoms with Crippen LogP contribution in [0.3, 0.4) is 0 Å². The SMILES string of the molecule is CCCNC(=NC)NCCC(=O)N1CCc2sccc2C1.I. The Bertz CT molecular complexity index is 503. The van der Waals surface area contributed by atoms with Crippen LogP contribution in [0.2, 0.25) is 0 Å². The van der Waals surface area contributed by atoms with Crippen molar-refractivity contribution in [2.45, 2.75) is 32.7 Å². The van der Waals surface area contributed by atoms with Crippen LogP contribution in [0.1, 0.15) is 30.2 Å². The van der Waals surface area contributed by atoms with Crippen molar-refractivity contribution in [3.05, 3.63) is 21.9 Å². The lowest BCUT2D eigenvalue weighted by Gasteiger charge is -2.27. The Morgan fingerprint density at radius 2 is 2.18 bits per heavy atom. The van der Waals surface area contributed by atoms with Crippen molar-refractivity contribution < 1.29 is 4.79 Å². The standard InChI is InChI=1S/C15H24N4OS.HI/c1-3-7-17-15(16-2)18-8-4-14(20)19-9-5-13-12(11-19)6-10-21-13;/h6,10H,3-5,7-9,11H2,1-2H3,(H2,16,17,18);1H. The molecule has 0 spiro atoms. The summed E-state index contributed by atoms with van der Waals surface area (Å²) in [4.78, 5) is 19.8. The van der Waals surface area contributed by atoms with Crippen LogP contribution >= 0.6 is 35.3 Å². The number of halogens is 1. The number of carbonyl (C=O) groups excluding carboxylic acids is 1. The number of hydrogen-bond acceptors (Lipinski definition) is 3. The van der Waals surface area contributed by atoms with Gasteiger partial charge in [0.05, 0.1) is 0 Å². The van der Waals surface area contributed by atoms with Gasteiger partial charge in [0, 0.05) is 44.5 Å². The molecule has 22 heavy (non-hydrogen) atoms. The molecule has 1 aliphatic rings. The molecule has 1 aliphatic heterocycles. The molecule has 124 valence electrons. The Morgan fingerprint density at radius 1 is 1.41 bits per heavy atom. The van der Waals surface area contributed by atoms with Gasteiger partial charge in [-0.2, -0.15) is 0 Å². The first-order valence-corrected chi connectivity index (χ1v) is 8.40. The van der Waals surface area contributed by atoms with E-state index in [0.717, 1.165) is 38.4 Å². The largest absolute Gasteiger partial charge is 0.356 e. The summed E-state index contributed by atoms with van der Waals surface area (Å²) in [6.45, 7) is 5.23. The number of thiophene rings is 1. The zero-order valence-electron chi connectivity index (χ0n) is 13.2. The number of nitrogens with zero attached hydrogens (tertiary/aromatic N) is 2. The van der Waals surface area contributed by atoms with Crippen molar-refractivity contribution in [2.75, 3.05) is 26.7 Å². The summed E-state index contributed by atoms with van der Waals surface area (Å²) in [7, 11) is 1.75. The van der Waals surface area contributed by atoms with Crippen molar-refractivity contribution in [1.29, 1.82) is 0 Å². The summed E-state index contributed by atoms with van der Waals surface area (Å²) in [6.07, 6.45) is 2.55. The molecule has 0 unspecified atom stereocenters. The molecule has 0 bridgehead atoms. The number of guanidine groups is 1. The summed E-state index contributed by atoms with van der Waals surface area (Å²) in [6, 6.07) is 2.13. The Labute approximate surface area is 153 Å². The lowest BCUT2D eigenvalue weighted by Crippen LogP contribution is -2.41. The number of carbonyl (C=O) groups is 1. The van der Waals surface area contributed by atoms with Crippen LogP contribution in [0.25, 0.3) is 0 Å². The highest BCUT2D eigenvalue weighted by molar-refractivity contribution is 14.0. The van der Waals surface area contributed by atoms with Crippen LogP contribution in [-0.2, 0) is 17.8 Å². The number of aliphatic imine (C=N–C) groups is 1. The molecule has 0 aliphatic carbocycles. The fourth-order valence-electron chi connectivity index (χ4n) is 2.37. The van der Waals surface area contributed by atoms with Gasteiger partial charge >= 0.3 is 0 Å². The van der Waals surface area contributed by atoms with E-state index in [2.05, 4.69) is 34.0 Å². The molecular weight excluding hydrogens is 411 g/mol. The molecule has 7 heteroatoms. The maximum atomic E-state index is 12.2. The van der Waals surface area contributed by atoms with E-state index in [1.165, 1.54) is 10.4 Å². The zero-order valence-corrected chi connectivity index (χ0v) is 16.4. The van der Waals surface area contributed by atoms with E-state index in [0.29, 0.717) is 13.0 Å². The number of fused-ring (bicyclic) bond motifs is 1. The van der Waals surface area contributed by atoms with Crippen LogP contribution in [0, 0.1) is 0 Å². The van der Waals surface area contributed by atoms with Gasteiger partial charge in [-0.1, -0.05) is 6.92 Å². The van der Waals surface area contributed by atoms with Crippen LogP contribution < -0.4 is 10.6 Å². The van der Waals surface area contributed by atoms with Crippen LogP contribution in [0.5, 0.6) is 0 Å². The number of rotatable bonds is 5. The minimum Gasteiger partial charge on any atom is -0.356 e. The molecule has 0 atom stereocenters. The molecule has 2 N–H and O–H groups in total. The van der Waals surface area contributed by atoms with Gasteiger partial charge in [-0.15, -0.1) is 35.3 Å². The van der Waals surface area contributed by atoms with Gasteiger partial charge in [0.1, 0.15) is 0 Å². The predicted molar refractivity (Wildman–Crippen MR) is 103 cm³/mol. The summed E-state index contributed by atoms with van der Waals surface area (Å²) in [5.74, 6) is 0.980. The minimum atomic E-state index is 0. The topological polar surface area (TPSA) is 56.7 Å². The quantitative estimate of drug-likeness (QED) is 0.423. The highest BCUT2D eigenvalue weighted by Gasteiger charge is 2.20. The van der Waals surface area contributed by atoms with Crippen LogP contribution in [0.15, 0.2) is 16.4 Å². The highest BCUT2D eigenvalue weighted by Crippen LogP contribution is 2.24. The van der Waals surface area contributed by atoms with Crippen molar-refractivity contribution in [2.24, 2.45) is 4.99 Å². The molecule has 2 rings (SSSR count). The van der Waals surface area contributed by atoms with E-state index in [-0.39, 0.29) is 29.9 Å². The molecule has 0 saturated carbocycles. The highest BCUT2D eigenvalue weighted by atomic mass is 127. The third kappa shape index (κ3) is 5.42. The van der Waals surface area contributed by atoms with Crippen molar-refractivity contribution >= 4 is 47.2 Å². The summed E-state index contributed by atoms with van der Waals surface area (Å²) in [5, 5.41) is 8.49. The van der Waals surface area contributed by atoms with Gasteiger partial charge in [0.2, 0.25) is 5.91 Å². The van der Waals surface area contributed by atoms with E-state index in [1.54, 1.807) is 18.4 Å². The molecule has 1 aromatic rings. The monoisotopic (exact) mass is 436 g/mol. The normalized spacial score (nSPS) is 14.1. The van der Waals surface area contributed by atoms with E-state index in [4.69, 9.17) is 0 Å². The van der Waals surface area contributed by atoms with E-state index < -0.39 is 0 Å². The smallest absolute Gasteiger partial charge is 0.224 e. The summed E-state index contributed by atoms with van der Waals surface area (Å²) >= 11 is 1.80. The molecule has 1 aromatic heterocycles. The molecule has 1 amide bonds. The van der Waals surface area contributed by atoms with Gasteiger partial charge < -0.3 is 15.5 Å². The first-order valence-electron chi connectivity index (χ1n) is 7.52. The van der Waals surface area contributed by atoms with Crippen molar-refractivity contribution in [3.63, 3.8) is 0 Å². The lowest BCUT2D eigenvalue weighted by atomic mass is 10.1. The second-order valence-corrected chi connectivity index (χ2v) is 6.11. The Morgan fingerprint density at radius 3 is 2.91 bits per heavy atom. The zero-order chi connectivity index (χ0) is 15.1. The molecule has 0 radical (unpaired) electrons. The Kier molecular flexibility index (Phi) is 8.77. The average Bonchev–Trinajstić information content (AvgIpc) is 2.97. The molecule has 0 fully saturated rings. The number of nitrogens with one attached hydrogen (secondary N) is 2. The van der Waals surface area contributed by atoms with Crippen LogP contribution in [-0.4, -0.2) is 43.4 Å². The van der Waals surface area contributed by atoms with E-state index >= 15 is 0 Å². The fraction of sp³-hybridized carbons (Fsp3) is 0.600. The molecule has 5 nitrogen and oxygen atoms in total. The summed E-state index contributed by atoms with van der Waals surface area (Å²) in [5.41, 5.74) is 1.31. The third-order valence-electron chi connectivity index (χ3n) is 3.56. The van der Waals surface area contributed by atoms with Crippen molar-refractivity contribution in [1.82, 2.24) is 15.5 Å². The Hall–Kier alpha value is -0.830. The number of amides is 1. The molecule has 0 aromatic carbocycles. The first kappa shape index (κ1) is 19.2. The molecule has 0 saturated heterocycles. The number of hydrogen-bond donors (Lipinski definition) is 2. The maximum absolute atomic E-state index is 12.2. The average molecular weight is 436 g/mol. The van der Waals surface area contributed by atoms with E-state index in [1.807, 2.05) is 4.90 Å². The molecular formula is C15H25IN4OS. The van der Waals surface area contributed by atoms with Gasteiger partial charge in [-0.05, 0) is 29.9 Å². The minimum absolute atomic E-state index is 0. The van der Waals surface area contributed by atoms with Gasteiger partial charge in [0.15, 0.2) is 5.96 Å². The van der Waals surface area contributed by atoms with Crippen molar-refractivity contribution in [3.8, 4) is 0 Å². The second kappa shape index (κ2) is 10.0. The van der Waals surface area contributed by atoms with Gasteiger partial charge in [0.25, 0.3) is 0 Å². The summed E-state index contributed by atoms with van der Waals surface area (Å²) < 4.78 is 0. The lowest BCUT2D eigenvalue weighted by molar-refractivity contribution is -0.131. The van der Waals surface area contributed by atoms with Crippen LogP contribution in [0.4, 0.5) is 0 Å². The maximum Gasteiger partial charge on any atom is 0.224 e. The first-order chi connectivity index (χ1) is 10.2. The van der Waals surface area contributed by atoms with E-state index in [9.17, 15) is 4.79 Å². The second-order valence-electron chi connectivity index (χ2n) is 5.11. The van der Waals surface area contributed by atoms with Gasteiger partial charge in [-0.25, -0.2) is 0 Å².